The number of hydrogen-bond donors (Lipinski definition) is 2. The quantitative estimate of drug-likeness (QED) is 0.151. The number of benzene rings is 1. The number of fused-ring (bicyclic) bond motifs is 2. The first-order chi connectivity index (χ1) is 24.2. The van der Waals surface area contributed by atoms with Gasteiger partial charge in [0.15, 0.2) is 11.8 Å². The largest absolute Gasteiger partial charge is 0.456 e. The zero-order valence-electron chi connectivity index (χ0n) is 30.7. The molecule has 0 radical (unpaired) electrons. The number of aliphatic hydroxyl groups excluding tert-OH is 1. The Morgan fingerprint density at radius 1 is 1.06 bits per heavy atom. The number of thiol groups is 1. The van der Waals surface area contributed by atoms with Crippen molar-refractivity contribution in [1.82, 2.24) is 19.5 Å². The number of amides is 1. The average molecular weight is 778 g/mol. The molecule has 3 aromatic heterocycles. The molecule has 0 saturated carbocycles. The summed E-state index contributed by atoms with van der Waals surface area (Å²) in [5, 5.41) is 10.6. The Bertz CT molecular complexity index is 2070. The molecule has 0 spiro atoms. The lowest BCUT2D eigenvalue weighted by Crippen LogP contribution is -2.35. The number of hydrogen-bond acceptors (Lipinski definition) is 11. The summed E-state index contributed by atoms with van der Waals surface area (Å²) < 4.78 is 48.1. The minimum atomic E-state index is -3.06. The zero-order chi connectivity index (χ0) is 37.7. The summed E-state index contributed by atoms with van der Waals surface area (Å²) in [4.78, 5) is 26.7. The lowest BCUT2D eigenvalue weighted by Gasteiger charge is -2.46. The summed E-state index contributed by atoms with van der Waals surface area (Å²) in [6.45, 7) is 6.32. The molecule has 2 aliphatic rings. The molecule has 1 N–H and O–H groups in total. The van der Waals surface area contributed by atoms with Crippen molar-refractivity contribution in [3.05, 3.63) is 53.7 Å². The van der Waals surface area contributed by atoms with Gasteiger partial charge in [0.2, 0.25) is 0 Å². The maximum absolute atomic E-state index is 13.2. The van der Waals surface area contributed by atoms with E-state index in [0.29, 0.717) is 45.1 Å². The van der Waals surface area contributed by atoms with Gasteiger partial charge in [0, 0.05) is 23.6 Å². The molecule has 5 atom stereocenters. The highest BCUT2D eigenvalue weighted by molar-refractivity contribution is 8.47. The molecule has 6 rings (SSSR count). The highest BCUT2D eigenvalue weighted by Gasteiger charge is 2.49. The maximum atomic E-state index is 13.2. The second kappa shape index (κ2) is 14.2. The standard InChI is InChI=1S/C36H48ClN5O8S2/c1-36(2,3)50-35(44)41-51(4,45)24-13-14-26(38-18-24)22-9-11-23(12-10-22)30-25(37)17-27-33(40-30)42(21-46-15-16-52(5,6,7)8)34(39-27)49-29-20-48-31-28(43)19-47-32(29)31/h9-14,17-18,28-29,31-32,43,52H,15-16,19-21H2,1-8H3/t28-,29-,31-,32-,51?/m1/s1. The number of carbonyl (C=O) groups excluding carboxylic acids is 1. The number of ether oxygens (including phenoxy) is 5. The summed E-state index contributed by atoms with van der Waals surface area (Å²) in [6, 6.07) is 13.0. The molecule has 1 amide bonds. The summed E-state index contributed by atoms with van der Waals surface area (Å²) >= 11 is 6.81. The van der Waals surface area contributed by atoms with E-state index >= 15 is 0 Å². The second-order valence-corrected chi connectivity index (χ2v) is 27.4. The van der Waals surface area contributed by atoms with Gasteiger partial charge in [0.05, 0.1) is 50.9 Å². The van der Waals surface area contributed by atoms with Crippen LogP contribution in [0.15, 0.2) is 57.9 Å². The number of imidazole rings is 1. The SMILES string of the molecule is CC(C)(C)OC(=O)N=S(C)(=O)c1ccc(-c2ccc(-c3nc4c(cc3Cl)nc(O[C@@H]3CO[C@H]5[C@@H]3OC[C@H]5O)n4COCC[SH](C)(C)(C)C)cc2)nc1. The van der Waals surface area contributed by atoms with Crippen molar-refractivity contribution >= 4 is 47.7 Å². The van der Waals surface area contributed by atoms with Gasteiger partial charge in [-0.15, -0.1) is 4.36 Å². The fraction of sp³-hybridized carbons (Fsp3) is 0.500. The Hall–Kier alpha value is -3.31. The number of carbonyl (C=O) groups is 1. The Morgan fingerprint density at radius 3 is 2.40 bits per heavy atom. The monoisotopic (exact) mass is 777 g/mol. The second-order valence-electron chi connectivity index (χ2n) is 16.3. The molecule has 1 aromatic carbocycles. The minimum Gasteiger partial charge on any atom is -0.456 e. The maximum Gasteiger partial charge on any atom is 0.442 e. The number of aliphatic hydroxyl groups is 1. The van der Waals surface area contributed by atoms with Crippen molar-refractivity contribution in [2.24, 2.45) is 4.36 Å². The van der Waals surface area contributed by atoms with Gasteiger partial charge in [-0.2, -0.15) is 4.98 Å². The summed E-state index contributed by atoms with van der Waals surface area (Å²) in [6.07, 6.45) is 9.16. The molecular formula is C36H48ClN5O8S2. The summed E-state index contributed by atoms with van der Waals surface area (Å²) in [5.41, 5.74) is 3.09. The molecule has 13 nitrogen and oxygen atoms in total. The van der Waals surface area contributed by atoms with Crippen molar-refractivity contribution in [2.75, 3.05) is 56.9 Å². The molecule has 52 heavy (non-hydrogen) atoms. The number of pyridine rings is 2. The van der Waals surface area contributed by atoms with Crippen LogP contribution in [0.4, 0.5) is 4.79 Å². The van der Waals surface area contributed by atoms with Crippen LogP contribution in [0.3, 0.4) is 0 Å². The van der Waals surface area contributed by atoms with Gasteiger partial charge in [-0.25, -0.2) is 14.0 Å². The van der Waals surface area contributed by atoms with Crippen LogP contribution in [0.5, 0.6) is 6.01 Å². The smallest absolute Gasteiger partial charge is 0.442 e. The van der Waals surface area contributed by atoms with Crippen LogP contribution in [0.25, 0.3) is 33.7 Å². The van der Waals surface area contributed by atoms with Gasteiger partial charge in [0.1, 0.15) is 36.2 Å². The predicted octanol–water partition coefficient (Wildman–Crippen LogP) is 5.68. The zero-order valence-corrected chi connectivity index (χ0v) is 33.2. The molecule has 2 fully saturated rings. The van der Waals surface area contributed by atoms with Crippen molar-refractivity contribution in [3.8, 4) is 28.5 Å². The van der Waals surface area contributed by atoms with Crippen LogP contribution in [-0.4, -0.2) is 122 Å². The molecule has 1 unspecified atom stereocenters. The van der Waals surface area contributed by atoms with Crippen LogP contribution in [-0.2, 0) is 35.4 Å². The highest BCUT2D eigenvalue weighted by atomic mass is 35.5. The Labute approximate surface area is 309 Å². The molecule has 4 aromatic rings. The van der Waals surface area contributed by atoms with Crippen LogP contribution in [0.1, 0.15) is 20.8 Å². The van der Waals surface area contributed by atoms with Crippen LogP contribution >= 0.6 is 20.8 Å². The lowest BCUT2D eigenvalue weighted by atomic mass is 10.1. The predicted molar refractivity (Wildman–Crippen MR) is 206 cm³/mol. The van der Waals surface area contributed by atoms with Crippen molar-refractivity contribution in [1.29, 1.82) is 0 Å². The van der Waals surface area contributed by atoms with Crippen LogP contribution in [0, 0.1) is 0 Å². The molecule has 0 bridgehead atoms. The fourth-order valence-electron chi connectivity index (χ4n) is 5.73. The third-order valence-corrected chi connectivity index (χ3v) is 12.4. The number of aromatic nitrogens is 4. The number of nitrogens with zero attached hydrogens (tertiary/aromatic N) is 5. The molecule has 5 heterocycles. The van der Waals surface area contributed by atoms with E-state index in [1.54, 1.807) is 43.5 Å². The normalized spacial score (nSPS) is 22.4. The van der Waals surface area contributed by atoms with Crippen LogP contribution in [0.2, 0.25) is 5.02 Å². The Kier molecular flexibility index (Phi) is 10.5. The van der Waals surface area contributed by atoms with Gasteiger partial charge in [-0.3, -0.25) is 18.7 Å². The first kappa shape index (κ1) is 38.4. The van der Waals surface area contributed by atoms with E-state index in [4.69, 9.17) is 45.3 Å². The van der Waals surface area contributed by atoms with E-state index in [-0.39, 0.29) is 19.9 Å². The third kappa shape index (κ3) is 9.07. The third-order valence-electron chi connectivity index (χ3n) is 8.50. The van der Waals surface area contributed by atoms with Crippen molar-refractivity contribution in [3.63, 3.8) is 0 Å². The topological polar surface area (TPSA) is 156 Å². The fourth-order valence-corrected chi connectivity index (χ4v) is 7.84. The van der Waals surface area contributed by atoms with E-state index < -0.39 is 55.0 Å². The van der Waals surface area contributed by atoms with E-state index in [2.05, 4.69) is 34.4 Å². The van der Waals surface area contributed by atoms with Gasteiger partial charge < -0.3 is 28.8 Å². The minimum absolute atomic E-state index is 0.160. The van der Waals surface area contributed by atoms with E-state index in [0.717, 1.165) is 16.9 Å². The first-order valence-electron chi connectivity index (χ1n) is 17.0. The van der Waals surface area contributed by atoms with E-state index in [9.17, 15) is 14.1 Å². The summed E-state index contributed by atoms with van der Waals surface area (Å²) in [7, 11) is -4.85. The van der Waals surface area contributed by atoms with Crippen molar-refractivity contribution in [2.45, 2.75) is 62.4 Å². The molecule has 16 heteroatoms. The number of rotatable bonds is 10. The first-order valence-corrected chi connectivity index (χ1v) is 23.5. The van der Waals surface area contributed by atoms with Gasteiger partial charge >= 0.3 is 12.1 Å². The number of halogens is 1. The molecule has 284 valence electrons. The Balaban J connectivity index is 1.25. The van der Waals surface area contributed by atoms with Crippen LogP contribution < -0.4 is 4.74 Å². The van der Waals surface area contributed by atoms with Crippen molar-refractivity contribution < 1.29 is 37.8 Å². The van der Waals surface area contributed by atoms with E-state index in [1.807, 2.05) is 24.3 Å². The summed E-state index contributed by atoms with van der Waals surface area (Å²) in [5.74, 6) is 0.952. The lowest BCUT2D eigenvalue weighted by molar-refractivity contribution is 0.00343. The van der Waals surface area contributed by atoms with E-state index in [1.165, 1.54) is 12.5 Å². The molecule has 2 saturated heterocycles. The molecular weight excluding hydrogens is 730 g/mol. The highest BCUT2D eigenvalue weighted by Crippen LogP contribution is 2.54. The molecule has 0 aliphatic carbocycles. The Morgan fingerprint density at radius 2 is 1.75 bits per heavy atom. The molecule has 2 aliphatic heterocycles. The van der Waals surface area contributed by atoms with Gasteiger partial charge in [0.25, 0.3) is 0 Å². The van der Waals surface area contributed by atoms with Gasteiger partial charge in [-0.05, 0) is 69.7 Å². The average Bonchev–Trinajstić information content (AvgIpc) is 3.71. The van der Waals surface area contributed by atoms with Gasteiger partial charge in [-0.1, -0.05) is 35.9 Å².